The standard InChI is InChI=1S/C15H17N3O3/c1-8(2)21-15-11(14(20)17-18-15)7-9-6-10-12(16-9)4-3-5-13(10)19/h6-8,16H,3-5H2,1-2H3,(H,17,20). The van der Waals surface area contributed by atoms with Crippen LogP contribution in [0.1, 0.15) is 48.4 Å². The predicted octanol–water partition coefficient (Wildman–Crippen LogP) is 1.79. The van der Waals surface area contributed by atoms with Crippen LogP contribution in [0.3, 0.4) is 0 Å². The Hall–Kier alpha value is -2.37. The maximum atomic E-state index is 11.8. The van der Waals surface area contributed by atoms with Crippen LogP contribution in [0.25, 0.3) is 6.08 Å². The van der Waals surface area contributed by atoms with Gasteiger partial charge in [-0.05, 0) is 38.8 Å². The van der Waals surface area contributed by atoms with Crippen LogP contribution in [0.15, 0.2) is 16.7 Å². The minimum Gasteiger partial charge on any atom is -0.473 e. The third-order valence-electron chi connectivity index (χ3n) is 3.43. The normalized spacial score (nSPS) is 19.8. The number of hydrogen-bond acceptors (Lipinski definition) is 4. The second-order valence-corrected chi connectivity index (χ2v) is 5.48. The first-order valence-electron chi connectivity index (χ1n) is 7.06. The summed E-state index contributed by atoms with van der Waals surface area (Å²) in [5.41, 5.74) is 5.16. The summed E-state index contributed by atoms with van der Waals surface area (Å²) in [6, 6.07) is 1.79. The van der Waals surface area contributed by atoms with Crippen molar-refractivity contribution in [3.05, 3.63) is 28.6 Å². The number of nitrogens with zero attached hydrogens (tertiary/aromatic N) is 1. The summed E-state index contributed by atoms with van der Waals surface area (Å²) in [5.74, 6) is 0.138. The van der Waals surface area contributed by atoms with E-state index >= 15 is 0 Å². The lowest BCUT2D eigenvalue weighted by molar-refractivity contribution is -0.116. The fourth-order valence-corrected chi connectivity index (χ4v) is 2.52. The molecule has 1 amide bonds. The van der Waals surface area contributed by atoms with E-state index in [1.165, 1.54) is 0 Å². The summed E-state index contributed by atoms with van der Waals surface area (Å²) in [4.78, 5) is 26.9. The summed E-state index contributed by atoms with van der Waals surface area (Å²) in [6.07, 6.45) is 3.92. The van der Waals surface area contributed by atoms with Crippen LogP contribution in [0.4, 0.5) is 0 Å². The maximum absolute atomic E-state index is 11.8. The van der Waals surface area contributed by atoms with Gasteiger partial charge in [-0.2, -0.15) is 0 Å². The molecule has 1 aromatic rings. The van der Waals surface area contributed by atoms with Crippen LogP contribution in [-0.4, -0.2) is 28.7 Å². The van der Waals surface area contributed by atoms with Gasteiger partial charge in [-0.15, -0.1) is 5.10 Å². The zero-order valence-corrected chi connectivity index (χ0v) is 12.0. The number of ether oxygens (including phenoxy) is 1. The van der Waals surface area contributed by atoms with E-state index < -0.39 is 0 Å². The van der Waals surface area contributed by atoms with Gasteiger partial charge in [0.05, 0.1) is 6.10 Å². The molecule has 0 unspecified atom stereocenters. The fraction of sp³-hybridized carbons (Fsp3) is 0.400. The number of carbonyl (C=O) groups excluding carboxylic acids is 2. The molecule has 1 aliphatic carbocycles. The van der Waals surface area contributed by atoms with Gasteiger partial charge in [0.1, 0.15) is 5.57 Å². The number of rotatable bonds is 2. The number of nitrogens with one attached hydrogen (secondary N) is 2. The topological polar surface area (TPSA) is 83.5 Å². The highest BCUT2D eigenvalue weighted by Crippen LogP contribution is 2.23. The summed E-state index contributed by atoms with van der Waals surface area (Å²) < 4.78 is 5.51. The molecule has 1 aliphatic heterocycles. The molecule has 21 heavy (non-hydrogen) atoms. The Balaban J connectivity index is 1.92. The van der Waals surface area contributed by atoms with E-state index in [0.29, 0.717) is 12.0 Å². The molecule has 0 saturated heterocycles. The number of aromatic nitrogens is 1. The number of aromatic amines is 1. The summed E-state index contributed by atoms with van der Waals surface area (Å²) in [5, 5.41) is 3.88. The highest BCUT2D eigenvalue weighted by atomic mass is 16.5. The minimum absolute atomic E-state index is 0.0710. The Bertz CT molecular complexity index is 668. The third kappa shape index (κ3) is 2.61. The lowest BCUT2D eigenvalue weighted by Gasteiger charge is -2.08. The number of amides is 1. The van der Waals surface area contributed by atoms with Gasteiger partial charge in [0, 0.05) is 23.4 Å². The minimum atomic E-state index is -0.301. The molecule has 1 aromatic heterocycles. The molecule has 0 atom stereocenters. The predicted molar refractivity (Wildman–Crippen MR) is 77.8 cm³/mol. The second-order valence-electron chi connectivity index (χ2n) is 5.48. The quantitative estimate of drug-likeness (QED) is 0.813. The highest BCUT2D eigenvalue weighted by Gasteiger charge is 2.26. The molecule has 3 rings (SSSR count). The lowest BCUT2D eigenvalue weighted by Crippen LogP contribution is -2.16. The van der Waals surface area contributed by atoms with Crippen LogP contribution >= 0.6 is 0 Å². The maximum Gasteiger partial charge on any atom is 0.277 e. The lowest BCUT2D eigenvalue weighted by atomic mass is 9.97. The first-order chi connectivity index (χ1) is 10.0. The fourth-order valence-electron chi connectivity index (χ4n) is 2.52. The molecule has 0 bridgehead atoms. The van der Waals surface area contributed by atoms with Gasteiger partial charge in [-0.25, -0.2) is 5.43 Å². The number of carbonyl (C=O) groups is 2. The van der Waals surface area contributed by atoms with Crippen LogP contribution in [0, 0.1) is 0 Å². The molecule has 6 nitrogen and oxygen atoms in total. The average Bonchev–Trinajstić information content (AvgIpc) is 2.97. The monoisotopic (exact) mass is 287 g/mol. The van der Waals surface area contributed by atoms with E-state index in [-0.39, 0.29) is 23.7 Å². The number of H-pyrrole nitrogens is 1. The molecule has 0 aromatic carbocycles. The van der Waals surface area contributed by atoms with Crippen molar-refractivity contribution >= 4 is 23.7 Å². The van der Waals surface area contributed by atoms with Gasteiger partial charge < -0.3 is 9.72 Å². The van der Waals surface area contributed by atoms with Gasteiger partial charge in [0.15, 0.2) is 5.78 Å². The van der Waals surface area contributed by atoms with Crippen LogP contribution in [0.2, 0.25) is 0 Å². The first kappa shape index (κ1) is 13.6. The number of aryl methyl sites for hydroxylation is 1. The number of hydrazone groups is 1. The van der Waals surface area contributed by atoms with E-state index in [2.05, 4.69) is 15.5 Å². The van der Waals surface area contributed by atoms with E-state index in [0.717, 1.165) is 29.8 Å². The number of ketones is 1. The molecule has 0 fully saturated rings. The average molecular weight is 287 g/mol. The summed E-state index contributed by atoms with van der Waals surface area (Å²) in [6.45, 7) is 3.74. The molecule has 0 saturated carbocycles. The van der Waals surface area contributed by atoms with Crippen molar-refractivity contribution in [2.24, 2.45) is 5.10 Å². The van der Waals surface area contributed by atoms with Crippen molar-refractivity contribution in [3.63, 3.8) is 0 Å². The van der Waals surface area contributed by atoms with Crippen molar-refractivity contribution < 1.29 is 14.3 Å². The van der Waals surface area contributed by atoms with E-state index in [4.69, 9.17) is 4.74 Å². The third-order valence-corrected chi connectivity index (χ3v) is 3.43. The molecule has 0 spiro atoms. The summed E-state index contributed by atoms with van der Waals surface area (Å²) >= 11 is 0. The van der Waals surface area contributed by atoms with E-state index in [1.807, 2.05) is 13.8 Å². The molecule has 0 radical (unpaired) electrons. The van der Waals surface area contributed by atoms with Gasteiger partial charge in [-0.3, -0.25) is 9.59 Å². The van der Waals surface area contributed by atoms with Crippen LogP contribution < -0.4 is 5.43 Å². The van der Waals surface area contributed by atoms with Crippen molar-refractivity contribution in [2.75, 3.05) is 0 Å². The molecule has 6 heteroatoms. The largest absolute Gasteiger partial charge is 0.473 e. The zero-order chi connectivity index (χ0) is 15.0. The Morgan fingerprint density at radius 2 is 2.14 bits per heavy atom. The van der Waals surface area contributed by atoms with Gasteiger partial charge >= 0.3 is 0 Å². The Kier molecular flexibility index (Phi) is 3.37. The second kappa shape index (κ2) is 5.20. The molecule has 2 heterocycles. The molecular formula is C15H17N3O3. The van der Waals surface area contributed by atoms with Gasteiger partial charge in [-0.1, -0.05) is 0 Å². The highest BCUT2D eigenvalue weighted by molar-refractivity contribution is 6.24. The molecular weight excluding hydrogens is 270 g/mol. The SMILES string of the molecule is CC(C)OC1=NNC(=O)C1=Cc1cc2c([nH]1)CCCC2=O. The molecule has 2 aliphatic rings. The molecule has 110 valence electrons. The van der Waals surface area contributed by atoms with E-state index in [1.54, 1.807) is 12.1 Å². The van der Waals surface area contributed by atoms with Crippen LogP contribution in [-0.2, 0) is 16.0 Å². The zero-order valence-electron chi connectivity index (χ0n) is 12.0. The smallest absolute Gasteiger partial charge is 0.277 e. The number of hydrogen-bond donors (Lipinski definition) is 2. The van der Waals surface area contributed by atoms with E-state index in [9.17, 15) is 9.59 Å². The van der Waals surface area contributed by atoms with Crippen molar-refractivity contribution in [1.29, 1.82) is 0 Å². The van der Waals surface area contributed by atoms with Gasteiger partial charge in [0.25, 0.3) is 5.91 Å². The van der Waals surface area contributed by atoms with Crippen molar-refractivity contribution in [3.8, 4) is 0 Å². The number of fused-ring (bicyclic) bond motifs is 1. The Morgan fingerprint density at radius 3 is 2.86 bits per heavy atom. The van der Waals surface area contributed by atoms with Gasteiger partial charge in [0.2, 0.25) is 5.90 Å². The van der Waals surface area contributed by atoms with Crippen LogP contribution in [0.5, 0.6) is 0 Å². The van der Waals surface area contributed by atoms with Crippen molar-refractivity contribution in [2.45, 2.75) is 39.2 Å². The molecule has 2 N–H and O–H groups in total. The Morgan fingerprint density at radius 1 is 1.33 bits per heavy atom. The summed E-state index contributed by atoms with van der Waals surface area (Å²) in [7, 11) is 0. The Labute approximate surface area is 122 Å². The first-order valence-corrected chi connectivity index (χ1v) is 7.06. The van der Waals surface area contributed by atoms with Crippen molar-refractivity contribution in [1.82, 2.24) is 10.4 Å². The number of Topliss-reactive ketones (excluding diaryl/α,β-unsaturated/α-hetero) is 1.